The number of nitrogens with zero attached hydrogens (tertiary/aromatic N) is 1. The second kappa shape index (κ2) is 8.65. The van der Waals surface area contributed by atoms with E-state index in [4.69, 9.17) is 14.3 Å². The molecule has 3 saturated carbocycles. The molecule has 1 amide bonds. The lowest BCUT2D eigenvalue weighted by Gasteiger charge is -2.70. The number of carbonyl (C=O) groups excluding carboxylic acids is 1. The van der Waals surface area contributed by atoms with Gasteiger partial charge in [0.05, 0.1) is 42.7 Å². The number of carbonyl (C=O) groups is 1. The van der Waals surface area contributed by atoms with Crippen LogP contribution < -0.4 is 5.32 Å². The molecule has 2 saturated heterocycles. The van der Waals surface area contributed by atoms with E-state index in [0.717, 1.165) is 25.0 Å². The fourth-order valence-corrected chi connectivity index (χ4v) is 8.82. The van der Waals surface area contributed by atoms with Crippen LogP contribution in [0.3, 0.4) is 0 Å². The Morgan fingerprint density at radius 3 is 2.63 bits per heavy atom. The van der Waals surface area contributed by atoms with Gasteiger partial charge in [-0.25, -0.2) is 0 Å². The first kappa shape index (κ1) is 25.4. The summed E-state index contributed by atoms with van der Waals surface area (Å²) >= 11 is 0. The molecule has 11 atom stereocenters. The predicted molar refractivity (Wildman–Crippen MR) is 127 cm³/mol. The van der Waals surface area contributed by atoms with Crippen molar-refractivity contribution in [2.24, 2.45) is 45.6 Å². The zero-order valence-corrected chi connectivity index (χ0v) is 21.6. The molecule has 4 N–H and O–H groups in total. The molecular weight excluding hydrogens is 452 g/mol. The Kier molecular flexibility index (Phi) is 6.28. The second-order valence-corrected chi connectivity index (χ2v) is 12.4. The number of aliphatic hydroxyl groups excluding tert-OH is 3. The molecule has 0 radical (unpaired) electrons. The number of hydrogen-bond donors (Lipinski definition) is 4. The molecule has 5 rings (SSSR count). The van der Waals surface area contributed by atoms with Gasteiger partial charge in [0.2, 0.25) is 5.91 Å². The van der Waals surface area contributed by atoms with Crippen molar-refractivity contribution < 1.29 is 34.4 Å². The Morgan fingerprint density at radius 2 is 1.94 bits per heavy atom. The largest absolute Gasteiger partial charge is 0.399 e. The van der Waals surface area contributed by atoms with E-state index < -0.39 is 41.5 Å². The molecule has 2 heterocycles. The lowest BCUT2D eigenvalue weighted by molar-refractivity contribution is -0.329. The van der Waals surface area contributed by atoms with E-state index in [2.05, 4.69) is 38.2 Å². The van der Waals surface area contributed by atoms with Crippen molar-refractivity contribution in [2.75, 3.05) is 20.3 Å². The van der Waals surface area contributed by atoms with Gasteiger partial charge in [0.1, 0.15) is 19.4 Å². The number of ether oxygens (including phenoxy) is 2. The SMILES string of the molecule is CON=C1C(OCCO)CC23OC4C(CC2(C)C(C)CCC3C1(C)C)C(O)CC1C(=O)NC(O)C14. The van der Waals surface area contributed by atoms with Crippen molar-refractivity contribution in [3.05, 3.63) is 0 Å². The first-order chi connectivity index (χ1) is 16.5. The van der Waals surface area contributed by atoms with E-state index in [1.807, 2.05) is 0 Å². The molecule has 11 unspecified atom stereocenters. The highest BCUT2D eigenvalue weighted by atomic mass is 16.6. The first-order valence-electron chi connectivity index (χ1n) is 13.2. The molecule has 3 aliphatic carbocycles. The Morgan fingerprint density at radius 1 is 1.20 bits per heavy atom. The van der Waals surface area contributed by atoms with Crippen molar-refractivity contribution in [1.29, 1.82) is 0 Å². The normalized spacial score (nSPS) is 51.6. The Labute approximate surface area is 207 Å². The maximum atomic E-state index is 12.6. The van der Waals surface area contributed by atoms with Crippen LogP contribution in [0.1, 0.15) is 59.8 Å². The van der Waals surface area contributed by atoms with Gasteiger partial charge >= 0.3 is 0 Å². The summed E-state index contributed by atoms with van der Waals surface area (Å²) in [6.07, 6.45) is 1.21. The molecule has 0 bridgehead atoms. The van der Waals surface area contributed by atoms with Gasteiger partial charge in [-0.3, -0.25) is 4.79 Å². The number of hydrogen-bond acceptors (Lipinski definition) is 8. The smallest absolute Gasteiger partial charge is 0.225 e. The number of nitrogens with one attached hydrogen (secondary N) is 1. The summed E-state index contributed by atoms with van der Waals surface area (Å²) in [6.45, 7) is 9.01. The average Bonchev–Trinajstić information content (AvgIpc) is 3.07. The van der Waals surface area contributed by atoms with Gasteiger partial charge in [0, 0.05) is 29.1 Å². The Bertz CT molecular complexity index is 880. The minimum atomic E-state index is -0.976. The van der Waals surface area contributed by atoms with Gasteiger partial charge in [-0.2, -0.15) is 0 Å². The molecule has 5 aliphatic rings. The highest BCUT2D eigenvalue weighted by Gasteiger charge is 2.72. The lowest BCUT2D eigenvalue weighted by Crippen LogP contribution is -2.74. The van der Waals surface area contributed by atoms with Gasteiger partial charge in [-0.1, -0.05) is 32.9 Å². The van der Waals surface area contributed by atoms with Gasteiger partial charge in [0.15, 0.2) is 0 Å². The maximum Gasteiger partial charge on any atom is 0.225 e. The van der Waals surface area contributed by atoms with Crippen molar-refractivity contribution in [3.63, 3.8) is 0 Å². The van der Waals surface area contributed by atoms with E-state index in [-0.39, 0.29) is 42.3 Å². The highest BCUT2D eigenvalue weighted by Crippen LogP contribution is 2.68. The van der Waals surface area contributed by atoms with Crippen molar-refractivity contribution in [1.82, 2.24) is 5.32 Å². The molecule has 0 aromatic heterocycles. The maximum absolute atomic E-state index is 12.6. The van der Waals surface area contributed by atoms with Crippen molar-refractivity contribution in [3.8, 4) is 0 Å². The molecule has 2 aliphatic heterocycles. The summed E-state index contributed by atoms with van der Waals surface area (Å²) in [5.41, 5.74) is -0.430. The molecule has 0 aromatic rings. The van der Waals surface area contributed by atoms with Gasteiger partial charge in [-0.15, -0.1) is 0 Å². The summed E-state index contributed by atoms with van der Waals surface area (Å²) in [6, 6.07) is 0. The monoisotopic (exact) mass is 494 g/mol. The first-order valence-corrected chi connectivity index (χ1v) is 13.2. The zero-order chi connectivity index (χ0) is 25.3. The number of rotatable bonds is 4. The minimum absolute atomic E-state index is 0.0945. The molecule has 198 valence electrons. The van der Waals surface area contributed by atoms with Gasteiger partial charge in [0.25, 0.3) is 0 Å². The molecule has 1 spiro atoms. The van der Waals surface area contributed by atoms with Gasteiger partial charge in [-0.05, 0) is 37.5 Å². The minimum Gasteiger partial charge on any atom is -0.399 e. The predicted octanol–water partition coefficient (Wildman–Crippen LogP) is 1.44. The van der Waals surface area contributed by atoms with Crippen LogP contribution in [0.4, 0.5) is 0 Å². The fraction of sp³-hybridized carbons (Fsp3) is 0.923. The third-order valence-electron chi connectivity index (χ3n) is 10.7. The molecule has 9 nitrogen and oxygen atoms in total. The second-order valence-electron chi connectivity index (χ2n) is 12.4. The van der Waals surface area contributed by atoms with Crippen LogP contribution in [0.2, 0.25) is 0 Å². The Balaban J connectivity index is 1.62. The van der Waals surface area contributed by atoms with Crippen LogP contribution >= 0.6 is 0 Å². The highest BCUT2D eigenvalue weighted by molar-refractivity contribution is 5.94. The van der Waals surface area contributed by atoms with Crippen LogP contribution in [-0.2, 0) is 19.1 Å². The number of fused-ring (bicyclic) bond motifs is 3. The Hall–Kier alpha value is -1.26. The summed E-state index contributed by atoms with van der Waals surface area (Å²) in [5, 5.41) is 38.7. The average molecular weight is 495 g/mol. The quantitative estimate of drug-likeness (QED) is 0.435. The zero-order valence-electron chi connectivity index (χ0n) is 21.6. The van der Waals surface area contributed by atoms with Crippen LogP contribution in [0.25, 0.3) is 0 Å². The molecule has 35 heavy (non-hydrogen) atoms. The molecule has 0 aromatic carbocycles. The third kappa shape index (κ3) is 3.45. The van der Waals surface area contributed by atoms with E-state index in [1.165, 1.54) is 0 Å². The van der Waals surface area contributed by atoms with E-state index in [0.29, 0.717) is 18.8 Å². The van der Waals surface area contributed by atoms with E-state index in [9.17, 15) is 20.1 Å². The molecular formula is C26H42N2O7. The van der Waals surface area contributed by atoms with Crippen molar-refractivity contribution >= 4 is 11.6 Å². The number of aliphatic hydroxyl groups is 3. The summed E-state index contributed by atoms with van der Waals surface area (Å²) in [5.74, 6) is -0.727. The third-order valence-corrected chi connectivity index (χ3v) is 10.7. The van der Waals surface area contributed by atoms with Gasteiger partial charge < -0.3 is 34.9 Å². The summed E-state index contributed by atoms with van der Waals surface area (Å²) < 4.78 is 13.5. The van der Waals surface area contributed by atoms with E-state index >= 15 is 0 Å². The molecule has 5 fully saturated rings. The molecule has 9 heteroatoms. The van der Waals surface area contributed by atoms with Crippen LogP contribution in [-0.4, -0.2) is 77.4 Å². The van der Waals surface area contributed by atoms with Crippen LogP contribution in [0, 0.1) is 40.4 Å². The van der Waals surface area contributed by atoms with Crippen molar-refractivity contribution in [2.45, 2.75) is 89.9 Å². The number of amides is 1. The topological polar surface area (TPSA) is 130 Å². The van der Waals surface area contributed by atoms with Crippen LogP contribution in [0.5, 0.6) is 0 Å². The van der Waals surface area contributed by atoms with E-state index in [1.54, 1.807) is 7.11 Å². The lowest BCUT2D eigenvalue weighted by atomic mass is 9.42. The van der Waals surface area contributed by atoms with Crippen LogP contribution in [0.15, 0.2) is 5.16 Å². The number of oxime groups is 1. The summed E-state index contributed by atoms with van der Waals surface area (Å²) in [7, 11) is 1.54. The fourth-order valence-electron chi connectivity index (χ4n) is 8.82. The standard InChI is InChI=1S/C26H42N2O7/c1-13-6-7-18-24(2,3)21(28-33-5)17(34-9-8-29)12-26(18)25(13,4)11-15-16(30)10-14-19(20(15)35-26)23(32)27-22(14)31/h13-20,23,29-30,32H,6-12H2,1-5H3,(H,27,31). The summed E-state index contributed by atoms with van der Waals surface area (Å²) in [4.78, 5) is 17.9.